The molecule has 0 aromatic heterocycles. The molecule has 0 saturated heterocycles. The van der Waals surface area contributed by atoms with Crippen molar-refractivity contribution in [2.24, 2.45) is 5.16 Å². The molecular weight excluding hydrogens is 222 g/mol. The number of nitrogens with zero attached hydrogens (tertiary/aromatic N) is 1. The molecule has 0 aliphatic carbocycles. The fourth-order valence-electron chi connectivity index (χ4n) is 1.93. The minimum Gasteiger partial charge on any atom is -0.411 e. The highest BCUT2D eigenvalue weighted by atomic mass is 16.4. The highest BCUT2D eigenvalue weighted by Gasteiger charge is 2.06. The van der Waals surface area contributed by atoms with Gasteiger partial charge in [-0.1, -0.05) is 53.7 Å². The van der Waals surface area contributed by atoms with Crippen molar-refractivity contribution in [1.29, 1.82) is 0 Å². The first-order valence-electron chi connectivity index (χ1n) is 6.03. The van der Waals surface area contributed by atoms with Crippen molar-refractivity contribution in [3.8, 4) is 0 Å². The minimum atomic E-state index is 0.641. The molecule has 2 heteroatoms. The maximum absolute atomic E-state index is 9.15. The molecule has 1 N–H and O–H groups in total. The van der Waals surface area contributed by atoms with Crippen LogP contribution in [0.2, 0.25) is 0 Å². The normalized spacial score (nSPS) is 11.6. The molecule has 2 rings (SSSR count). The van der Waals surface area contributed by atoms with E-state index in [0.29, 0.717) is 12.1 Å². The third-order valence-corrected chi connectivity index (χ3v) is 3.17. The fourth-order valence-corrected chi connectivity index (χ4v) is 1.93. The first-order valence-corrected chi connectivity index (χ1v) is 6.03. The highest BCUT2D eigenvalue weighted by molar-refractivity contribution is 6.01. The molecule has 2 aromatic carbocycles. The van der Waals surface area contributed by atoms with Crippen molar-refractivity contribution in [2.75, 3.05) is 0 Å². The van der Waals surface area contributed by atoms with Crippen LogP contribution < -0.4 is 0 Å². The third kappa shape index (κ3) is 2.77. The zero-order valence-electron chi connectivity index (χ0n) is 10.7. The Kier molecular flexibility index (Phi) is 3.78. The van der Waals surface area contributed by atoms with Crippen LogP contribution in [0, 0.1) is 13.8 Å². The zero-order valence-corrected chi connectivity index (χ0v) is 10.7. The van der Waals surface area contributed by atoms with Gasteiger partial charge in [0.2, 0.25) is 0 Å². The second-order valence-electron chi connectivity index (χ2n) is 4.51. The number of hydrogen-bond donors (Lipinski definition) is 1. The molecule has 0 saturated carbocycles. The van der Waals surface area contributed by atoms with Crippen LogP contribution in [0.15, 0.2) is 53.7 Å². The maximum atomic E-state index is 9.15. The fraction of sp³-hybridized carbons (Fsp3) is 0.188. The van der Waals surface area contributed by atoms with Crippen molar-refractivity contribution < 1.29 is 5.21 Å². The Morgan fingerprint density at radius 1 is 1.00 bits per heavy atom. The number of aryl methyl sites for hydroxylation is 2. The van der Waals surface area contributed by atoms with Gasteiger partial charge in [0.25, 0.3) is 0 Å². The average molecular weight is 239 g/mol. The molecule has 0 amide bonds. The van der Waals surface area contributed by atoms with Gasteiger partial charge in [0.1, 0.15) is 0 Å². The van der Waals surface area contributed by atoms with Gasteiger partial charge in [-0.3, -0.25) is 0 Å². The molecular formula is C16H17NO. The van der Waals surface area contributed by atoms with Gasteiger partial charge in [-0.2, -0.15) is 0 Å². The summed E-state index contributed by atoms with van der Waals surface area (Å²) in [5, 5.41) is 12.6. The zero-order chi connectivity index (χ0) is 13.0. The van der Waals surface area contributed by atoms with Gasteiger partial charge in [0.05, 0.1) is 5.71 Å². The summed E-state index contributed by atoms with van der Waals surface area (Å²) in [6.07, 6.45) is 0.641. The largest absolute Gasteiger partial charge is 0.411 e. The quantitative estimate of drug-likeness (QED) is 0.494. The van der Waals surface area contributed by atoms with Crippen molar-refractivity contribution in [3.05, 3.63) is 70.8 Å². The second-order valence-corrected chi connectivity index (χ2v) is 4.51. The Balaban J connectivity index is 2.24. The van der Waals surface area contributed by atoms with Gasteiger partial charge in [0.15, 0.2) is 0 Å². The van der Waals surface area contributed by atoms with Gasteiger partial charge in [-0.15, -0.1) is 0 Å². The first-order chi connectivity index (χ1) is 8.70. The van der Waals surface area contributed by atoms with Crippen LogP contribution in [0.25, 0.3) is 0 Å². The predicted octanol–water partition coefficient (Wildman–Crippen LogP) is 3.72. The van der Waals surface area contributed by atoms with Crippen LogP contribution in [0.5, 0.6) is 0 Å². The molecule has 0 heterocycles. The van der Waals surface area contributed by atoms with Gasteiger partial charge in [-0.05, 0) is 36.1 Å². The Bertz CT molecular complexity index is 559. The summed E-state index contributed by atoms with van der Waals surface area (Å²) >= 11 is 0. The average Bonchev–Trinajstić information content (AvgIpc) is 2.41. The summed E-state index contributed by atoms with van der Waals surface area (Å²) in [5.74, 6) is 0. The van der Waals surface area contributed by atoms with E-state index in [0.717, 1.165) is 11.1 Å². The first kappa shape index (κ1) is 12.4. The predicted molar refractivity (Wildman–Crippen MR) is 74.4 cm³/mol. The topological polar surface area (TPSA) is 32.6 Å². The monoisotopic (exact) mass is 239 g/mol. The van der Waals surface area contributed by atoms with Crippen LogP contribution in [0.4, 0.5) is 0 Å². The molecule has 2 nitrogen and oxygen atoms in total. The van der Waals surface area contributed by atoms with E-state index in [1.54, 1.807) is 0 Å². The lowest BCUT2D eigenvalue weighted by molar-refractivity contribution is 0.318. The molecule has 0 atom stereocenters. The summed E-state index contributed by atoms with van der Waals surface area (Å²) < 4.78 is 0. The Hall–Kier alpha value is -2.09. The summed E-state index contributed by atoms with van der Waals surface area (Å²) in [6.45, 7) is 4.19. The van der Waals surface area contributed by atoms with E-state index in [1.165, 1.54) is 11.1 Å². The minimum absolute atomic E-state index is 0.641. The van der Waals surface area contributed by atoms with Gasteiger partial charge in [-0.25, -0.2) is 0 Å². The summed E-state index contributed by atoms with van der Waals surface area (Å²) in [5.41, 5.74) is 5.35. The molecule has 18 heavy (non-hydrogen) atoms. The second kappa shape index (κ2) is 5.50. The van der Waals surface area contributed by atoms with Crippen LogP contribution in [-0.2, 0) is 6.42 Å². The number of oxime groups is 1. The lowest BCUT2D eigenvalue weighted by atomic mass is 9.99. The molecule has 0 bridgehead atoms. The van der Waals surface area contributed by atoms with E-state index in [2.05, 4.69) is 37.2 Å². The standard InChI is InChI=1S/C16H17NO/c1-12-8-9-14(10-13(12)2)11-16(17-18)15-6-4-3-5-7-15/h3-10,18H,11H2,1-2H3. The van der Waals surface area contributed by atoms with Crippen LogP contribution in [-0.4, -0.2) is 10.9 Å². The molecule has 0 aliphatic heterocycles. The molecule has 0 radical (unpaired) electrons. The molecule has 2 aromatic rings. The smallest absolute Gasteiger partial charge is 0.0911 e. The van der Waals surface area contributed by atoms with Crippen LogP contribution >= 0.6 is 0 Å². The van der Waals surface area contributed by atoms with Crippen molar-refractivity contribution in [2.45, 2.75) is 20.3 Å². The van der Waals surface area contributed by atoms with E-state index in [1.807, 2.05) is 30.3 Å². The molecule has 0 unspecified atom stereocenters. The van der Waals surface area contributed by atoms with Crippen LogP contribution in [0.3, 0.4) is 0 Å². The summed E-state index contributed by atoms with van der Waals surface area (Å²) in [6, 6.07) is 16.1. The summed E-state index contributed by atoms with van der Waals surface area (Å²) in [4.78, 5) is 0. The van der Waals surface area contributed by atoms with E-state index in [-0.39, 0.29) is 0 Å². The van der Waals surface area contributed by atoms with Gasteiger partial charge >= 0.3 is 0 Å². The van der Waals surface area contributed by atoms with E-state index >= 15 is 0 Å². The molecule has 0 aliphatic rings. The lowest BCUT2D eigenvalue weighted by Gasteiger charge is -2.07. The Morgan fingerprint density at radius 2 is 1.72 bits per heavy atom. The summed E-state index contributed by atoms with van der Waals surface area (Å²) in [7, 11) is 0. The highest BCUT2D eigenvalue weighted by Crippen LogP contribution is 2.13. The lowest BCUT2D eigenvalue weighted by Crippen LogP contribution is -2.05. The maximum Gasteiger partial charge on any atom is 0.0911 e. The number of benzene rings is 2. The van der Waals surface area contributed by atoms with Crippen molar-refractivity contribution >= 4 is 5.71 Å². The Labute approximate surface area is 108 Å². The van der Waals surface area contributed by atoms with Crippen molar-refractivity contribution in [1.82, 2.24) is 0 Å². The van der Waals surface area contributed by atoms with Gasteiger partial charge in [0, 0.05) is 6.42 Å². The van der Waals surface area contributed by atoms with E-state index in [9.17, 15) is 0 Å². The number of rotatable bonds is 3. The number of hydrogen-bond acceptors (Lipinski definition) is 2. The van der Waals surface area contributed by atoms with E-state index < -0.39 is 0 Å². The third-order valence-electron chi connectivity index (χ3n) is 3.17. The molecule has 92 valence electrons. The Morgan fingerprint density at radius 3 is 2.33 bits per heavy atom. The van der Waals surface area contributed by atoms with E-state index in [4.69, 9.17) is 5.21 Å². The SMILES string of the molecule is Cc1ccc(CC(=NO)c2ccccc2)cc1C. The van der Waals surface area contributed by atoms with Gasteiger partial charge < -0.3 is 5.21 Å². The molecule has 0 spiro atoms. The molecule has 0 fully saturated rings. The van der Waals surface area contributed by atoms with Crippen LogP contribution in [0.1, 0.15) is 22.3 Å². The van der Waals surface area contributed by atoms with Crippen molar-refractivity contribution in [3.63, 3.8) is 0 Å².